The number of aliphatic carboxylic acids is 1. The lowest BCUT2D eigenvalue weighted by Gasteiger charge is -2.07. The fraction of sp³-hybridized carbons (Fsp3) is 0.167. The molecular formula is C18H17N5O4S. The lowest BCUT2D eigenvalue weighted by Crippen LogP contribution is -2.00. The van der Waals surface area contributed by atoms with Crippen LogP contribution in [0.2, 0.25) is 0 Å². The van der Waals surface area contributed by atoms with Gasteiger partial charge in [-0.1, -0.05) is 6.92 Å². The van der Waals surface area contributed by atoms with Crippen molar-refractivity contribution in [1.29, 1.82) is 0 Å². The van der Waals surface area contributed by atoms with Crippen LogP contribution in [-0.2, 0) is 11.2 Å². The van der Waals surface area contributed by atoms with Gasteiger partial charge in [0.15, 0.2) is 0 Å². The third-order valence-corrected chi connectivity index (χ3v) is 4.69. The summed E-state index contributed by atoms with van der Waals surface area (Å²) in [5, 5.41) is 27.6. The number of hydrogen-bond donors (Lipinski definition) is 2. The summed E-state index contributed by atoms with van der Waals surface area (Å²) in [6, 6.07) is 9.54. The van der Waals surface area contributed by atoms with E-state index in [1.54, 1.807) is 35.0 Å². The Hall–Kier alpha value is -3.40. The lowest BCUT2D eigenvalue weighted by atomic mass is 10.2. The summed E-state index contributed by atoms with van der Waals surface area (Å²) in [6.45, 7) is 2.02. The number of nitro benzene ring substituents is 1. The van der Waals surface area contributed by atoms with E-state index in [0.29, 0.717) is 22.4 Å². The molecule has 0 saturated carbocycles. The number of H-pyrrole nitrogens is 1. The first-order valence-electron chi connectivity index (χ1n) is 8.44. The fourth-order valence-electron chi connectivity index (χ4n) is 2.52. The van der Waals surface area contributed by atoms with Crippen LogP contribution in [0.3, 0.4) is 0 Å². The normalized spacial score (nSPS) is 11.5. The number of hydrogen-bond acceptors (Lipinski definition) is 6. The molecule has 2 heterocycles. The minimum atomic E-state index is -1.09. The number of carboxylic acids is 1. The number of nitrogens with one attached hydrogen (secondary N) is 1. The largest absolute Gasteiger partial charge is 0.477 e. The molecule has 3 rings (SSSR count). The van der Waals surface area contributed by atoms with Crippen molar-refractivity contribution in [2.24, 2.45) is 0 Å². The molecular weight excluding hydrogens is 382 g/mol. The second-order valence-electron chi connectivity index (χ2n) is 5.81. The molecule has 28 heavy (non-hydrogen) atoms. The maximum atomic E-state index is 11.7. The number of carbonyl (C=O) groups is 1. The monoisotopic (exact) mass is 399 g/mol. The van der Waals surface area contributed by atoms with Crippen molar-refractivity contribution in [3.05, 3.63) is 69.1 Å². The Bertz CT molecular complexity index is 1020. The number of rotatable bonds is 8. The van der Waals surface area contributed by atoms with Crippen molar-refractivity contribution in [3.63, 3.8) is 0 Å². The smallest absolute Gasteiger partial charge is 0.342 e. The Morgan fingerprint density at radius 1 is 1.36 bits per heavy atom. The van der Waals surface area contributed by atoms with Crippen LogP contribution in [0.4, 0.5) is 5.69 Å². The Morgan fingerprint density at radius 2 is 2.11 bits per heavy atom. The van der Waals surface area contributed by atoms with Gasteiger partial charge < -0.3 is 9.67 Å². The van der Waals surface area contributed by atoms with Crippen LogP contribution in [0.1, 0.15) is 24.9 Å². The number of carboxylic acid groups (broad SMARTS) is 1. The number of aromatic nitrogens is 4. The van der Waals surface area contributed by atoms with Gasteiger partial charge in [0.2, 0.25) is 5.16 Å². The third-order valence-electron chi connectivity index (χ3n) is 3.81. The predicted octanol–water partition coefficient (Wildman–Crippen LogP) is 3.67. The number of aryl methyl sites for hydroxylation is 1. The molecule has 0 radical (unpaired) electrons. The van der Waals surface area contributed by atoms with Crippen LogP contribution >= 0.6 is 11.8 Å². The van der Waals surface area contributed by atoms with Crippen molar-refractivity contribution < 1.29 is 14.8 Å². The predicted molar refractivity (Wildman–Crippen MR) is 104 cm³/mol. The number of nitrogens with zero attached hydrogens (tertiary/aromatic N) is 4. The summed E-state index contributed by atoms with van der Waals surface area (Å²) in [7, 11) is 0. The van der Waals surface area contributed by atoms with Crippen molar-refractivity contribution >= 4 is 29.5 Å². The molecule has 0 saturated heterocycles. The maximum absolute atomic E-state index is 11.7. The standard InChI is InChI=1S/C18H17N5O4S/c1-2-4-16-19-18(21-20-16)28-15(17(24)25)11-14-5-3-10-22(14)12-6-8-13(9-7-12)23(26)27/h3,5-11H,2,4H2,1H3,(H,24,25)(H,19,20,21)/b15-11-. The van der Waals surface area contributed by atoms with Crippen LogP contribution in [-0.4, -0.2) is 35.7 Å². The van der Waals surface area contributed by atoms with Crippen LogP contribution in [0.5, 0.6) is 0 Å². The Morgan fingerprint density at radius 3 is 2.75 bits per heavy atom. The van der Waals surface area contributed by atoms with E-state index in [1.807, 2.05) is 6.92 Å². The quantitative estimate of drug-likeness (QED) is 0.256. The molecule has 0 atom stereocenters. The molecule has 2 N–H and O–H groups in total. The van der Waals surface area contributed by atoms with Crippen molar-refractivity contribution in [2.75, 3.05) is 0 Å². The van der Waals surface area contributed by atoms with E-state index in [-0.39, 0.29) is 10.6 Å². The molecule has 2 aromatic heterocycles. The van der Waals surface area contributed by atoms with Crippen molar-refractivity contribution in [2.45, 2.75) is 24.9 Å². The second kappa shape index (κ2) is 8.53. The molecule has 1 aromatic carbocycles. The molecule has 3 aromatic rings. The molecule has 10 heteroatoms. The number of non-ortho nitro benzene ring substituents is 1. The highest BCUT2D eigenvalue weighted by Crippen LogP contribution is 2.27. The first-order valence-corrected chi connectivity index (χ1v) is 9.26. The SMILES string of the molecule is CCCc1nc(S/C(=C\c2cccn2-c2ccc([N+](=O)[O-])cc2)C(=O)O)n[nH]1. The van der Waals surface area contributed by atoms with Crippen LogP contribution in [0.25, 0.3) is 11.8 Å². The summed E-state index contributed by atoms with van der Waals surface area (Å²) in [4.78, 5) is 26.4. The summed E-state index contributed by atoms with van der Waals surface area (Å²) >= 11 is 0.957. The molecule has 0 amide bonds. The zero-order chi connectivity index (χ0) is 20.1. The maximum Gasteiger partial charge on any atom is 0.342 e. The summed E-state index contributed by atoms with van der Waals surface area (Å²) < 4.78 is 1.74. The Labute approximate surface area is 164 Å². The highest BCUT2D eigenvalue weighted by atomic mass is 32.2. The first kappa shape index (κ1) is 19.4. The Kier molecular flexibility index (Phi) is 5.90. The summed E-state index contributed by atoms with van der Waals surface area (Å²) in [5.41, 5.74) is 1.28. The molecule has 0 spiro atoms. The van der Waals surface area contributed by atoms with Gasteiger partial charge in [-0.05, 0) is 48.5 Å². The number of aromatic amines is 1. The topological polar surface area (TPSA) is 127 Å². The summed E-state index contributed by atoms with van der Waals surface area (Å²) in [5.74, 6) is -0.382. The first-order chi connectivity index (χ1) is 13.5. The highest BCUT2D eigenvalue weighted by Gasteiger charge is 2.15. The van der Waals surface area contributed by atoms with E-state index in [4.69, 9.17) is 0 Å². The third kappa shape index (κ3) is 4.46. The zero-order valence-corrected chi connectivity index (χ0v) is 15.7. The number of benzene rings is 1. The number of nitro groups is 1. The van der Waals surface area contributed by atoms with Crippen LogP contribution in [0.15, 0.2) is 52.7 Å². The van der Waals surface area contributed by atoms with Gasteiger partial charge in [-0.25, -0.2) is 9.78 Å². The molecule has 0 aliphatic heterocycles. The van der Waals surface area contributed by atoms with Crippen molar-refractivity contribution in [3.8, 4) is 5.69 Å². The highest BCUT2D eigenvalue weighted by molar-refractivity contribution is 8.04. The minimum Gasteiger partial charge on any atom is -0.477 e. The van der Waals surface area contributed by atoms with Gasteiger partial charge in [0.05, 0.1) is 4.92 Å². The van der Waals surface area contributed by atoms with Crippen molar-refractivity contribution in [1.82, 2.24) is 19.7 Å². The average molecular weight is 399 g/mol. The van der Waals surface area contributed by atoms with E-state index in [9.17, 15) is 20.0 Å². The fourth-order valence-corrected chi connectivity index (χ4v) is 3.23. The number of thioether (sulfide) groups is 1. The van der Waals surface area contributed by atoms with E-state index in [1.165, 1.54) is 18.2 Å². The molecule has 0 unspecified atom stereocenters. The van der Waals surface area contributed by atoms with Gasteiger partial charge in [-0.2, -0.15) is 0 Å². The molecule has 0 bridgehead atoms. The average Bonchev–Trinajstić information content (AvgIpc) is 3.31. The lowest BCUT2D eigenvalue weighted by molar-refractivity contribution is -0.384. The minimum absolute atomic E-state index is 0.0118. The second-order valence-corrected chi connectivity index (χ2v) is 6.82. The van der Waals surface area contributed by atoms with Gasteiger partial charge >= 0.3 is 5.97 Å². The van der Waals surface area contributed by atoms with Gasteiger partial charge in [0.1, 0.15) is 10.7 Å². The molecule has 0 aliphatic rings. The zero-order valence-electron chi connectivity index (χ0n) is 14.9. The van der Waals surface area contributed by atoms with E-state index in [2.05, 4.69) is 15.2 Å². The molecule has 0 aliphatic carbocycles. The van der Waals surface area contributed by atoms with Gasteiger partial charge in [0, 0.05) is 36.1 Å². The van der Waals surface area contributed by atoms with Crippen LogP contribution in [0, 0.1) is 10.1 Å². The van der Waals surface area contributed by atoms with Gasteiger partial charge in [-0.15, -0.1) is 5.10 Å². The van der Waals surface area contributed by atoms with Gasteiger partial charge in [0.25, 0.3) is 5.69 Å². The molecule has 144 valence electrons. The summed E-state index contributed by atoms with van der Waals surface area (Å²) in [6.07, 6.45) is 4.92. The van der Waals surface area contributed by atoms with E-state index >= 15 is 0 Å². The molecule has 0 fully saturated rings. The Balaban J connectivity index is 1.88. The van der Waals surface area contributed by atoms with Crippen LogP contribution < -0.4 is 0 Å². The van der Waals surface area contributed by atoms with E-state index in [0.717, 1.165) is 24.6 Å². The van der Waals surface area contributed by atoms with Gasteiger partial charge in [-0.3, -0.25) is 15.2 Å². The van der Waals surface area contributed by atoms with E-state index < -0.39 is 10.9 Å². The molecule has 9 nitrogen and oxygen atoms in total.